The zero-order valence-electron chi connectivity index (χ0n) is 11.2. The molecule has 0 unspecified atom stereocenters. The van der Waals surface area contributed by atoms with Crippen LogP contribution < -0.4 is 0 Å². The van der Waals surface area contributed by atoms with Crippen LogP contribution in [0.4, 0.5) is 4.39 Å². The first-order chi connectivity index (χ1) is 9.61. The zero-order chi connectivity index (χ0) is 14.3. The number of benzene rings is 1. The van der Waals surface area contributed by atoms with Crippen molar-refractivity contribution in [3.63, 3.8) is 0 Å². The van der Waals surface area contributed by atoms with E-state index in [2.05, 4.69) is 25.9 Å². The highest BCUT2D eigenvalue weighted by atomic mass is 79.9. The van der Waals surface area contributed by atoms with Gasteiger partial charge in [-0.1, -0.05) is 19.1 Å². The first kappa shape index (κ1) is 13.2. The first-order valence-electron chi connectivity index (χ1n) is 6.38. The Morgan fingerprint density at radius 1 is 1.25 bits per heavy atom. The van der Waals surface area contributed by atoms with Crippen LogP contribution in [0, 0.1) is 5.82 Å². The average Bonchev–Trinajstić information content (AvgIpc) is 2.74. The Balaban J connectivity index is 2.34. The fourth-order valence-corrected chi connectivity index (χ4v) is 3.02. The minimum Gasteiger partial charge on any atom is -0.334 e. The lowest BCUT2D eigenvalue weighted by Gasteiger charge is -2.07. The molecule has 102 valence electrons. The molecule has 0 spiro atoms. The summed E-state index contributed by atoms with van der Waals surface area (Å²) in [5, 5.41) is 0.995. The summed E-state index contributed by atoms with van der Waals surface area (Å²) in [6, 6.07) is 6.58. The maximum Gasteiger partial charge on any atom is 0.164 e. The number of hydrogen-bond acceptors (Lipinski definition) is 2. The molecule has 0 atom stereocenters. The lowest BCUT2D eigenvalue weighted by Crippen LogP contribution is -1.99. The highest BCUT2D eigenvalue weighted by Crippen LogP contribution is 2.30. The molecule has 1 aromatic carbocycles. The van der Waals surface area contributed by atoms with Crippen LogP contribution in [0.1, 0.15) is 12.6 Å². The molecular formula is C15H13BrFN3. The van der Waals surface area contributed by atoms with Gasteiger partial charge < -0.3 is 4.57 Å². The topological polar surface area (TPSA) is 30.7 Å². The molecule has 3 nitrogen and oxygen atoms in total. The highest BCUT2D eigenvalue weighted by Gasteiger charge is 2.15. The molecule has 2 aromatic heterocycles. The Labute approximate surface area is 124 Å². The van der Waals surface area contributed by atoms with Crippen LogP contribution in [0.15, 0.2) is 34.9 Å². The van der Waals surface area contributed by atoms with Crippen LogP contribution in [0.3, 0.4) is 0 Å². The number of nitrogens with zero attached hydrogens (tertiary/aromatic N) is 3. The molecule has 5 heteroatoms. The van der Waals surface area contributed by atoms with Gasteiger partial charge in [0.05, 0.1) is 16.6 Å². The Bertz CT molecular complexity index is 795. The van der Waals surface area contributed by atoms with Gasteiger partial charge in [0.15, 0.2) is 5.82 Å². The van der Waals surface area contributed by atoms with E-state index in [9.17, 15) is 4.39 Å². The van der Waals surface area contributed by atoms with Crippen LogP contribution in [0.5, 0.6) is 0 Å². The maximum absolute atomic E-state index is 13.9. The molecule has 0 saturated heterocycles. The fourth-order valence-electron chi connectivity index (χ4n) is 2.31. The van der Waals surface area contributed by atoms with Crippen molar-refractivity contribution >= 4 is 27.0 Å². The molecule has 3 rings (SSSR count). The monoisotopic (exact) mass is 333 g/mol. The molecule has 0 saturated carbocycles. The summed E-state index contributed by atoms with van der Waals surface area (Å²) >= 11 is 3.53. The lowest BCUT2D eigenvalue weighted by molar-refractivity contribution is 0.630. The molecule has 3 aromatic rings. The molecule has 0 amide bonds. The van der Waals surface area contributed by atoms with E-state index in [4.69, 9.17) is 0 Å². The summed E-state index contributed by atoms with van der Waals surface area (Å²) in [5.41, 5.74) is 2.16. The minimum atomic E-state index is -0.304. The van der Waals surface area contributed by atoms with E-state index in [0.29, 0.717) is 11.4 Å². The molecular weight excluding hydrogens is 321 g/mol. The van der Waals surface area contributed by atoms with Gasteiger partial charge in [0.25, 0.3) is 0 Å². The van der Waals surface area contributed by atoms with Crippen LogP contribution in [-0.4, -0.2) is 14.5 Å². The molecule has 20 heavy (non-hydrogen) atoms. The van der Waals surface area contributed by atoms with Crippen molar-refractivity contribution in [2.75, 3.05) is 0 Å². The molecule has 0 N–H and O–H groups in total. The van der Waals surface area contributed by atoms with E-state index in [1.165, 1.54) is 6.07 Å². The number of fused-ring (bicyclic) bond motifs is 1. The van der Waals surface area contributed by atoms with Crippen molar-refractivity contribution in [1.82, 2.24) is 14.5 Å². The van der Waals surface area contributed by atoms with Crippen LogP contribution in [0.2, 0.25) is 0 Å². The van der Waals surface area contributed by atoms with Gasteiger partial charge in [-0.25, -0.2) is 14.4 Å². The van der Waals surface area contributed by atoms with Gasteiger partial charge in [0.2, 0.25) is 0 Å². The summed E-state index contributed by atoms with van der Waals surface area (Å²) in [6.45, 7) is 2.03. The van der Waals surface area contributed by atoms with E-state index in [-0.39, 0.29) is 5.82 Å². The Kier molecular flexibility index (Phi) is 3.30. The van der Waals surface area contributed by atoms with Gasteiger partial charge in [-0.15, -0.1) is 0 Å². The second-order valence-electron chi connectivity index (χ2n) is 4.61. The second kappa shape index (κ2) is 4.98. The molecule has 2 heterocycles. The van der Waals surface area contributed by atoms with Crippen molar-refractivity contribution in [2.45, 2.75) is 13.3 Å². The van der Waals surface area contributed by atoms with Gasteiger partial charge in [-0.05, 0) is 34.5 Å². The van der Waals surface area contributed by atoms with Crippen molar-refractivity contribution in [3.8, 4) is 11.4 Å². The molecule has 0 aliphatic carbocycles. The van der Waals surface area contributed by atoms with Crippen LogP contribution in [0.25, 0.3) is 22.4 Å². The van der Waals surface area contributed by atoms with Gasteiger partial charge in [-0.2, -0.15) is 0 Å². The number of aromatic nitrogens is 3. The SMILES string of the molecule is CCc1nc(-c2ccccc2F)nc2c1c(Br)cn2C. The third-order valence-corrected chi connectivity index (χ3v) is 3.90. The summed E-state index contributed by atoms with van der Waals surface area (Å²) in [5.74, 6) is 0.128. The standard InChI is InChI=1S/C15H13BrFN3/c1-3-12-13-10(16)8-20(2)15(13)19-14(18-12)9-6-4-5-7-11(9)17/h4-8H,3H2,1-2H3. The first-order valence-corrected chi connectivity index (χ1v) is 7.17. The van der Waals surface area contributed by atoms with Crippen molar-refractivity contribution in [3.05, 3.63) is 46.4 Å². The summed E-state index contributed by atoms with van der Waals surface area (Å²) in [6.07, 6.45) is 2.72. The molecule has 0 aliphatic heterocycles. The molecule has 0 fully saturated rings. The van der Waals surface area contributed by atoms with E-state index in [1.807, 2.05) is 24.7 Å². The molecule has 0 bridgehead atoms. The lowest BCUT2D eigenvalue weighted by atomic mass is 10.1. The number of rotatable bonds is 2. The number of hydrogen-bond donors (Lipinski definition) is 0. The van der Waals surface area contributed by atoms with Gasteiger partial charge >= 0.3 is 0 Å². The third kappa shape index (κ3) is 2.02. The van der Waals surface area contributed by atoms with Crippen LogP contribution in [-0.2, 0) is 13.5 Å². The minimum absolute atomic E-state index is 0.304. The van der Waals surface area contributed by atoms with Crippen molar-refractivity contribution < 1.29 is 4.39 Å². The molecule has 0 radical (unpaired) electrons. The summed E-state index contributed by atoms with van der Waals surface area (Å²) in [4.78, 5) is 9.05. The predicted molar refractivity (Wildman–Crippen MR) is 81.0 cm³/mol. The summed E-state index contributed by atoms with van der Waals surface area (Å²) in [7, 11) is 1.92. The Morgan fingerprint density at radius 3 is 2.70 bits per heavy atom. The Hall–Kier alpha value is -1.75. The quantitative estimate of drug-likeness (QED) is 0.706. The van der Waals surface area contributed by atoms with Crippen LogP contribution >= 0.6 is 15.9 Å². The van der Waals surface area contributed by atoms with Crippen molar-refractivity contribution in [2.24, 2.45) is 7.05 Å². The van der Waals surface area contributed by atoms with E-state index >= 15 is 0 Å². The summed E-state index contributed by atoms with van der Waals surface area (Å²) < 4.78 is 16.8. The van der Waals surface area contributed by atoms with Gasteiger partial charge in [-0.3, -0.25) is 0 Å². The van der Waals surface area contributed by atoms with E-state index in [1.54, 1.807) is 18.2 Å². The van der Waals surface area contributed by atoms with E-state index in [0.717, 1.165) is 27.6 Å². The largest absolute Gasteiger partial charge is 0.334 e. The zero-order valence-corrected chi connectivity index (χ0v) is 12.8. The normalized spacial score (nSPS) is 11.2. The van der Waals surface area contributed by atoms with Gasteiger partial charge in [0.1, 0.15) is 11.5 Å². The maximum atomic E-state index is 13.9. The fraction of sp³-hybridized carbons (Fsp3) is 0.200. The second-order valence-corrected chi connectivity index (χ2v) is 5.47. The number of halogens is 2. The average molecular weight is 334 g/mol. The predicted octanol–water partition coefficient (Wildman–Crippen LogP) is 4.10. The number of aryl methyl sites for hydroxylation is 2. The Morgan fingerprint density at radius 2 is 2.00 bits per heavy atom. The van der Waals surface area contributed by atoms with Gasteiger partial charge in [0, 0.05) is 17.7 Å². The third-order valence-electron chi connectivity index (χ3n) is 3.29. The smallest absolute Gasteiger partial charge is 0.164 e. The van der Waals surface area contributed by atoms with Crippen molar-refractivity contribution in [1.29, 1.82) is 0 Å². The molecule has 0 aliphatic rings. The highest BCUT2D eigenvalue weighted by molar-refractivity contribution is 9.10. The van der Waals surface area contributed by atoms with E-state index < -0.39 is 0 Å².